The van der Waals surface area contributed by atoms with E-state index in [1.807, 2.05) is 32.9 Å². The second kappa shape index (κ2) is 5.54. The van der Waals surface area contributed by atoms with Crippen LogP contribution in [0.3, 0.4) is 0 Å². The highest BCUT2D eigenvalue weighted by Gasteiger charge is 2.22. The second-order valence-electron chi connectivity index (χ2n) is 4.47. The van der Waals surface area contributed by atoms with Crippen LogP contribution in [0.4, 0.5) is 0 Å². The lowest BCUT2D eigenvalue weighted by Crippen LogP contribution is -2.24. The molecule has 16 heavy (non-hydrogen) atoms. The van der Waals surface area contributed by atoms with Crippen molar-refractivity contribution in [3.8, 4) is 5.75 Å². The van der Waals surface area contributed by atoms with Crippen molar-refractivity contribution in [3.63, 3.8) is 0 Å². The van der Waals surface area contributed by atoms with Gasteiger partial charge in [-0.25, -0.2) is 0 Å². The lowest BCUT2D eigenvalue weighted by molar-refractivity contribution is -0.153. The van der Waals surface area contributed by atoms with Crippen LogP contribution in [0.1, 0.15) is 20.8 Å². The molecule has 0 aliphatic carbocycles. The van der Waals surface area contributed by atoms with Crippen molar-refractivity contribution in [2.45, 2.75) is 20.8 Å². The van der Waals surface area contributed by atoms with Crippen molar-refractivity contribution in [2.24, 2.45) is 5.41 Å². The summed E-state index contributed by atoms with van der Waals surface area (Å²) < 4.78 is 10.4. The Morgan fingerprint density at radius 3 is 2.44 bits per heavy atom. The quantitative estimate of drug-likeness (QED) is 0.578. The normalized spacial score (nSPS) is 10.9. The first kappa shape index (κ1) is 12.6. The number of hydrogen-bond donors (Lipinski definition) is 0. The fraction of sp³-hybridized carbons (Fsp3) is 0.462. The van der Waals surface area contributed by atoms with Gasteiger partial charge in [0, 0.05) is 0 Å². The predicted octanol–water partition coefficient (Wildman–Crippen LogP) is 2.45. The molecule has 0 aliphatic rings. The van der Waals surface area contributed by atoms with Gasteiger partial charge in [0.05, 0.1) is 5.41 Å². The smallest absolute Gasteiger partial charge is 0.311 e. The van der Waals surface area contributed by atoms with Gasteiger partial charge in [-0.1, -0.05) is 12.1 Å². The molecule has 0 spiro atoms. The van der Waals surface area contributed by atoms with E-state index in [-0.39, 0.29) is 12.6 Å². The van der Waals surface area contributed by atoms with E-state index in [9.17, 15) is 4.79 Å². The molecule has 0 amide bonds. The zero-order valence-electron chi connectivity index (χ0n) is 9.95. The van der Waals surface area contributed by atoms with Gasteiger partial charge in [0.15, 0.2) is 0 Å². The summed E-state index contributed by atoms with van der Waals surface area (Å²) >= 11 is 0. The summed E-state index contributed by atoms with van der Waals surface area (Å²) in [4.78, 5) is 11.4. The molecule has 0 N–H and O–H groups in total. The molecule has 0 aliphatic heterocycles. The number of rotatable bonds is 4. The zero-order valence-corrected chi connectivity index (χ0v) is 9.95. The molecule has 1 aromatic carbocycles. The summed E-state index contributed by atoms with van der Waals surface area (Å²) in [5, 5.41) is 0. The van der Waals surface area contributed by atoms with Gasteiger partial charge in [-0.2, -0.15) is 0 Å². The van der Waals surface area contributed by atoms with E-state index in [0.29, 0.717) is 6.61 Å². The van der Waals surface area contributed by atoms with Crippen molar-refractivity contribution < 1.29 is 14.3 Å². The molecule has 3 heteroatoms. The minimum Gasteiger partial charge on any atom is -0.490 e. The topological polar surface area (TPSA) is 35.5 Å². The zero-order chi connectivity index (χ0) is 12.0. The maximum atomic E-state index is 11.4. The average Bonchev–Trinajstić information content (AvgIpc) is 2.24. The van der Waals surface area contributed by atoms with Crippen LogP contribution in [0.2, 0.25) is 0 Å². The number of esters is 1. The SMILES string of the molecule is CC(C)(C)C(=O)OCCOc1cc[c]cc1. The van der Waals surface area contributed by atoms with Crippen LogP contribution in [0.25, 0.3) is 0 Å². The molecule has 0 unspecified atom stereocenters. The Morgan fingerprint density at radius 1 is 1.25 bits per heavy atom. The van der Waals surface area contributed by atoms with E-state index in [1.54, 1.807) is 12.1 Å². The second-order valence-corrected chi connectivity index (χ2v) is 4.47. The molecule has 87 valence electrons. The van der Waals surface area contributed by atoms with Crippen molar-refractivity contribution in [3.05, 3.63) is 30.3 Å². The third kappa shape index (κ3) is 4.34. The molecule has 0 atom stereocenters. The van der Waals surface area contributed by atoms with E-state index in [4.69, 9.17) is 9.47 Å². The van der Waals surface area contributed by atoms with Crippen LogP contribution >= 0.6 is 0 Å². The number of carbonyl (C=O) groups is 1. The average molecular weight is 221 g/mol. The molecule has 1 aromatic rings. The fourth-order valence-corrected chi connectivity index (χ4v) is 0.978. The Labute approximate surface area is 96.4 Å². The predicted molar refractivity (Wildman–Crippen MR) is 61.2 cm³/mol. The fourth-order valence-electron chi connectivity index (χ4n) is 0.978. The molecule has 0 heterocycles. The number of hydrogen-bond acceptors (Lipinski definition) is 3. The molecule has 0 saturated carbocycles. The Balaban J connectivity index is 2.20. The maximum absolute atomic E-state index is 11.4. The van der Waals surface area contributed by atoms with Gasteiger partial charge < -0.3 is 9.47 Å². The van der Waals surface area contributed by atoms with Crippen molar-refractivity contribution in [2.75, 3.05) is 13.2 Å². The molecular formula is C13H17O3. The molecule has 0 saturated heterocycles. The number of carbonyl (C=O) groups excluding carboxylic acids is 1. The Kier molecular flexibility index (Phi) is 4.35. The maximum Gasteiger partial charge on any atom is 0.311 e. The number of benzene rings is 1. The highest BCUT2D eigenvalue weighted by atomic mass is 16.6. The van der Waals surface area contributed by atoms with E-state index < -0.39 is 5.41 Å². The van der Waals surface area contributed by atoms with Crippen LogP contribution in [0.5, 0.6) is 5.75 Å². The van der Waals surface area contributed by atoms with E-state index in [0.717, 1.165) is 5.75 Å². The number of ether oxygens (including phenoxy) is 2. The summed E-state index contributed by atoms with van der Waals surface area (Å²) in [5.41, 5.74) is -0.457. The molecule has 1 rings (SSSR count). The van der Waals surface area contributed by atoms with Gasteiger partial charge in [0.2, 0.25) is 0 Å². The molecule has 0 fully saturated rings. The molecule has 3 nitrogen and oxygen atoms in total. The summed E-state index contributed by atoms with van der Waals surface area (Å²) in [7, 11) is 0. The summed E-state index contributed by atoms with van der Waals surface area (Å²) in [5.74, 6) is 0.544. The van der Waals surface area contributed by atoms with Crippen LogP contribution in [-0.4, -0.2) is 19.2 Å². The third-order valence-electron chi connectivity index (χ3n) is 1.89. The summed E-state index contributed by atoms with van der Waals surface area (Å²) in [6.07, 6.45) is 0. The Morgan fingerprint density at radius 2 is 1.88 bits per heavy atom. The van der Waals surface area contributed by atoms with Gasteiger partial charge in [-0.05, 0) is 39.0 Å². The largest absolute Gasteiger partial charge is 0.490 e. The van der Waals surface area contributed by atoms with E-state index in [2.05, 4.69) is 6.07 Å². The molecule has 0 bridgehead atoms. The highest BCUT2D eigenvalue weighted by Crippen LogP contribution is 2.15. The minimum atomic E-state index is -0.457. The summed E-state index contributed by atoms with van der Waals surface area (Å²) in [6.45, 7) is 6.11. The summed E-state index contributed by atoms with van der Waals surface area (Å²) in [6, 6.07) is 10.1. The van der Waals surface area contributed by atoms with Gasteiger partial charge in [-0.15, -0.1) is 0 Å². The standard InChI is InChI=1S/C13H17O3/c1-13(2,3)12(14)16-10-9-15-11-7-5-4-6-8-11/h5-8H,9-10H2,1-3H3. The van der Waals surface area contributed by atoms with Gasteiger partial charge in [0.1, 0.15) is 19.0 Å². The monoisotopic (exact) mass is 221 g/mol. The Hall–Kier alpha value is -1.51. The van der Waals surface area contributed by atoms with E-state index >= 15 is 0 Å². The van der Waals surface area contributed by atoms with Crippen LogP contribution in [-0.2, 0) is 9.53 Å². The lowest BCUT2D eigenvalue weighted by Gasteiger charge is -2.16. The highest BCUT2D eigenvalue weighted by molar-refractivity contribution is 5.75. The van der Waals surface area contributed by atoms with Crippen LogP contribution in [0, 0.1) is 11.5 Å². The molecule has 1 radical (unpaired) electrons. The Bertz CT molecular complexity index is 325. The first-order valence-corrected chi connectivity index (χ1v) is 5.26. The molecule has 0 aromatic heterocycles. The van der Waals surface area contributed by atoms with Gasteiger partial charge in [0.25, 0.3) is 0 Å². The first-order valence-electron chi connectivity index (χ1n) is 5.26. The van der Waals surface area contributed by atoms with Crippen molar-refractivity contribution in [1.29, 1.82) is 0 Å². The first-order chi connectivity index (χ1) is 7.50. The van der Waals surface area contributed by atoms with Crippen molar-refractivity contribution in [1.82, 2.24) is 0 Å². The van der Waals surface area contributed by atoms with Crippen LogP contribution < -0.4 is 4.74 Å². The van der Waals surface area contributed by atoms with E-state index in [1.165, 1.54) is 0 Å². The van der Waals surface area contributed by atoms with Gasteiger partial charge in [-0.3, -0.25) is 4.79 Å². The van der Waals surface area contributed by atoms with Crippen molar-refractivity contribution >= 4 is 5.97 Å². The third-order valence-corrected chi connectivity index (χ3v) is 1.89. The lowest BCUT2D eigenvalue weighted by atomic mass is 9.97. The van der Waals surface area contributed by atoms with Crippen LogP contribution in [0.15, 0.2) is 24.3 Å². The minimum absolute atomic E-state index is 0.211. The van der Waals surface area contributed by atoms with Gasteiger partial charge >= 0.3 is 5.97 Å². The molecular weight excluding hydrogens is 204 g/mol.